The number of hydrogen-bond donors (Lipinski definition) is 1. The summed E-state index contributed by atoms with van der Waals surface area (Å²) in [6.45, 7) is 8.20. The molecule has 1 aromatic rings. The van der Waals surface area contributed by atoms with Crippen LogP contribution in [0, 0.1) is 0 Å². The lowest BCUT2D eigenvalue weighted by Crippen LogP contribution is -2.37. The van der Waals surface area contributed by atoms with Gasteiger partial charge in [-0.2, -0.15) is 0 Å². The van der Waals surface area contributed by atoms with E-state index < -0.39 is 0 Å². The minimum Gasteiger partial charge on any atom is -0.384 e. The maximum atomic E-state index is 3.54. The molecular weight excluding hydrogens is 208 g/mol. The molecule has 1 fully saturated rings. The van der Waals surface area contributed by atoms with Crippen molar-refractivity contribution in [2.24, 2.45) is 0 Å². The van der Waals surface area contributed by atoms with Crippen LogP contribution in [-0.2, 0) is 13.0 Å². The molecule has 0 aliphatic carbocycles. The molecule has 2 aliphatic rings. The van der Waals surface area contributed by atoms with E-state index in [1.54, 1.807) is 0 Å². The van der Waals surface area contributed by atoms with Crippen LogP contribution < -0.4 is 5.32 Å². The molecule has 0 bridgehead atoms. The summed E-state index contributed by atoms with van der Waals surface area (Å²) in [5.74, 6) is 0. The molecule has 0 saturated carbocycles. The number of hydrogen-bond acceptors (Lipinski definition) is 2. The van der Waals surface area contributed by atoms with Crippen LogP contribution in [0.2, 0.25) is 0 Å². The smallest absolute Gasteiger partial charge is 0.0419 e. The van der Waals surface area contributed by atoms with Gasteiger partial charge in [0.2, 0.25) is 0 Å². The Labute approximate surface area is 104 Å². The lowest BCUT2D eigenvalue weighted by molar-refractivity contribution is 0.167. The largest absolute Gasteiger partial charge is 0.384 e. The molecule has 0 spiro atoms. The molecule has 2 heteroatoms. The molecule has 1 aromatic carbocycles. The van der Waals surface area contributed by atoms with Crippen LogP contribution >= 0.6 is 0 Å². The zero-order valence-corrected chi connectivity index (χ0v) is 10.9. The average molecular weight is 230 g/mol. The van der Waals surface area contributed by atoms with E-state index in [4.69, 9.17) is 0 Å². The molecule has 0 radical (unpaired) electrons. The van der Waals surface area contributed by atoms with Gasteiger partial charge in [0.25, 0.3) is 0 Å². The van der Waals surface area contributed by atoms with Crippen LogP contribution in [0.5, 0.6) is 0 Å². The van der Waals surface area contributed by atoms with Crippen molar-refractivity contribution in [3.8, 4) is 0 Å². The summed E-state index contributed by atoms with van der Waals surface area (Å²) in [6.07, 6.45) is 3.86. The fourth-order valence-electron chi connectivity index (χ4n) is 3.20. The van der Waals surface area contributed by atoms with Crippen LogP contribution in [-0.4, -0.2) is 23.5 Å². The van der Waals surface area contributed by atoms with Gasteiger partial charge in [0.1, 0.15) is 0 Å². The van der Waals surface area contributed by atoms with Crippen molar-refractivity contribution in [2.45, 2.75) is 45.2 Å². The van der Waals surface area contributed by atoms with E-state index in [9.17, 15) is 0 Å². The highest BCUT2D eigenvalue weighted by atomic mass is 15.2. The second-order valence-corrected chi connectivity index (χ2v) is 5.97. The van der Waals surface area contributed by atoms with Gasteiger partial charge in [-0.05, 0) is 50.8 Å². The number of nitrogens with zero attached hydrogens (tertiary/aromatic N) is 1. The third-order valence-corrected chi connectivity index (χ3v) is 4.37. The summed E-state index contributed by atoms with van der Waals surface area (Å²) in [5, 5.41) is 3.54. The van der Waals surface area contributed by atoms with Gasteiger partial charge in [-0.3, -0.25) is 4.90 Å². The Kier molecular flexibility index (Phi) is 2.62. The van der Waals surface area contributed by atoms with Crippen molar-refractivity contribution in [1.29, 1.82) is 0 Å². The molecular formula is C15H22N2. The molecule has 2 aliphatic heterocycles. The Morgan fingerprint density at radius 1 is 1.35 bits per heavy atom. The van der Waals surface area contributed by atoms with Gasteiger partial charge in [0, 0.05) is 24.3 Å². The number of nitrogens with one attached hydrogen (secondary N) is 1. The average Bonchev–Trinajstić information content (AvgIpc) is 2.86. The molecule has 3 rings (SSSR count). The van der Waals surface area contributed by atoms with Crippen molar-refractivity contribution in [3.63, 3.8) is 0 Å². The highest BCUT2D eigenvalue weighted by Gasteiger charge is 2.32. The van der Waals surface area contributed by atoms with Crippen LogP contribution in [0.3, 0.4) is 0 Å². The molecule has 0 atom stereocenters. The van der Waals surface area contributed by atoms with E-state index in [-0.39, 0.29) is 0 Å². The van der Waals surface area contributed by atoms with Gasteiger partial charge in [-0.15, -0.1) is 0 Å². The van der Waals surface area contributed by atoms with E-state index in [0.717, 1.165) is 13.1 Å². The minimum absolute atomic E-state index is 0.376. The highest BCUT2D eigenvalue weighted by molar-refractivity contribution is 5.61. The number of rotatable bonds is 2. The highest BCUT2D eigenvalue weighted by Crippen LogP contribution is 2.33. The van der Waals surface area contributed by atoms with Crippen molar-refractivity contribution in [2.75, 3.05) is 18.4 Å². The van der Waals surface area contributed by atoms with Crippen LogP contribution in [0.25, 0.3) is 0 Å². The van der Waals surface area contributed by atoms with Gasteiger partial charge in [0.15, 0.2) is 0 Å². The van der Waals surface area contributed by atoms with Crippen LogP contribution in [0.15, 0.2) is 18.2 Å². The first kappa shape index (κ1) is 11.1. The Bertz CT molecular complexity index is 423. The van der Waals surface area contributed by atoms with Gasteiger partial charge in [-0.25, -0.2) is 0 Å². The second kappa shape index (κ2) is 4.02. The number of fused-ring (bicyclic) bond motifs is 1. The predicted molar refractivity (Wildman–Crippen MR) is 72.4 cm³/mol. The van der Waals surface area contributed by atoms with E-state index in [1.807, 2.05) is 0 Å². The molecule has 1 saturated heterocycles. The fourth-order valence-corrected chi connectivity index (χ4v) is 3.20. The summed E-state index contributed by atoms with van der Waals surface area (Å²) in [5.41, 5.74) is 4.77. The monoisotopic (exact) mass is 230 g/mol. The minimum atomic E-state index is 0.376. The lowest BCUT2D eigenvalue weighted by atomic mass is 10.0. The van der Waals surface area contributed by atoms with E-state index in [2.05, 4.69) is 42.3 Å². The van der Waals surface area contributed by atoms with Crippen molar-refractivity contribution in [1.82, 2.24) is 4.90 Å². The summed E-state index contributed by atoms with van der Waals surface area (Å²) in [7, 11) is 0. The molecule has 2 nitrogen and oxygen atoms in total. The van der Waals surface area contributed by atoms with Gasteiger partial charge in [-0.1, -0.05) is 18.2 Å². The first-order chi connectivity index (χ1) is 8.17. The molecule has 0 amide bonds. The van der Waals surface area contributed by atoms with Gasteiger partial charge >= 0.3 is 0 Å². The summed E-state index contributed by atoms with van der Waals surface area (Å²) in [6, 6.07) is 6.75. The first-order valence-corrected chi connectivity index (χ1v) is 6.76. The van der Waals surface area contributed by atoms with E-state index >= 15 is 0 Å². The predicted octanol–water partition coefficient (Wildman–Crippen LogP) is 3.03. The molecule has 2 heterocycles. The molecule has 1 N–H and O–H groups in total. The Morgan fingerprint density at radius 2 is 2.24 bits per heavy atom. The zero-order chi connectivity index (χ0) is 11.9. The number of anilines is 1. The Morgan fingerprint density at radius 3 is 3.00 bits per heavy atom. The third-order valence-electron chi connectivity index (χ3n) is 4.37. The Hall–Kier alpha value is -1.02. The zero-order valence-electron chi connectivity index (χ0n) is 10.9. The quantitative estimate of drug-likeness (QED) is 0.840. The SMILES string of the molecule is CC1(C)CCCN1Cc1cccc2c1NCC2. The fraction of sp³-hybridized carbons (Fsp3) is 0.600. The van der Waals surface area contributed by atoms with Crippen molar-refractivity contribution < 1.29 is 0 Å². The summed E-state index contributed by atoms with van der Waals surface area (Å²) >= 11 is 0. The van der Waals surface area contributed by atoms with Gasteiger partial charge in [0.05, 0.1) is 0 Å². The first-order valence-electron chi connectivity index (χ1n) is 6.76. The summed E-state index contributed by atoms with van der Waals surface area (Å²) < 4.78 is 0. The molecule has 17 heavy (non-hydrogen) atoms. The topological polar surface area (TPSA) is 15.3 Å². The number of likely N-dealkylation sites (tertiary alicyclic amines) is 1. The Balaban J connectivity index is 1.84. The second-order valence-electron chi connectivity index (χ2n) is 5.97. The van der Waals surface area contributed by atoms with Crippen molar-refractivity contribution >= 4 is 5.69 Å². The van der Waals surface area contributed by atoms with Crippen molar-refractivity contribution in [3.05, 3.63) is 29.3 Å². The van der Waals surface area contributed by atoms with Crippen LogP contribution in [0.4, 0.5) is 5.69 Å². The normalized spacial score (nSPS) is 22.5. The van der Waals surface area contributed by atoms with Crippen LogP contribution in [0.1, 0.15) is 37.8 Å². The molecule has 0 aromatic heterocycles. The van der Waals surface area contributed by atoms with E-state index in [0.29, 0.717) is 5.54 Å². The van der Waals surface area contributed by atoms with Gasteiger partial charge < -0.3 is 5.32 Å². The molecule has 92 valence electrons. The maximum Gasteiger partial charge on any atom is 0.0419 e. The third kappa shape index (κ3) is 1.95. The molecule has 0 unspecified atom stereocenters. The number of para-hydroxylation sites is 1. The maximum absolute atomic E-state index is 3.54. The van der Waals surface area contributed by atoms with E-state index in [1.165, 1.54) is 42.6 Å². The lowest BCUT2D eigenvalue weighted by Gasteiger charge is -2.32. The summed E-state index contributed by atoms with van der Waals surface area (Å²) in [4.78, 5) is 2.63. The standard InChI is InChI=1S/C15H22N2/c1-15(2)8-4-10-17(15)11-13-6-3-5-12-7-9-16-14(12)13/h3,5-6,16H,4,7-11H2,1-2H3. The number of benzene rings is 1.